The molecule has 3 amide bonds. The number of nitrogens with zero attached hydrogens (tertiary/aromatic N) is 2. The molecular weight excluding hydrogens is 520 g/mol. The van der Waals surface area contributed by atoms with Gasteiger partial charge in [-0.1, -0.05) is 91.0 Å². The van der Waals surface area contributed by atoms with Crippen molar-refractivity contribution in [1.29, 1.82) is 0 Å². The summed E-state index contributed by atoms with van der Waals surface area (Å²) in [4.78, 5) is 55.4. The average molecular weight is 556 g/mol. The summed E-state index contributed by atoms with van der Waals surface area (Å²) in [5.74, 6) is -1.72. The second kappa shape index (κ2) is 13.3. The van der Waals surface area contributed by atoms with Gasteiger partial charge in [-0.05, 0) is 42.4 Å². The highest BCUT2D eigenvalue weighted by molar-refractivity contribution is 5.97. The molecule has 3 atom stereocenters. The third-order valence-electron chi connectivity index (χ3n) is 7.59. The Bertz CT molecular complexity index is 1380. The molecule has 0 N–H and O–H groups in total. The van der Waals surface area contributed by atoms with Gasteiger partial charge < -0.3 is 14.4 Å². The lowest BCUT2D eigenvalue weighted by atomic mass is 9.95. The monoisotopic (exact) mass is 555 g/mol. The molecule has 0 radical (unpaired) electrons. The van der Waals surface area contributed by atoms with Crippen molar-refractivity contribution < 1.29 is 30.0 Å². The second-order valence-electron chi connectivity index (χ2n) is 10.4. The maximum Gasteiger partial charge on any atom is 0.417 e. The number of amides is 3. The molecule has 2 aliphatic rings. The van der Waals surface area contributed by atoms with Gasteiger partial charge in [-0.2, -0.15) is 0 Å². The minimum atomic E-state index is -1.23. The Kier molecular flexibility index (Phi) is 8.65. The van der Waals surface area contributed by atoms with Crippen LogP contribution in [-0.2, 0) is 43.3 Å². The number of carbonyl (C=O) groups excluding carboxylic acids is 4. The molecule has 0 aliphatic carbocycles. The largest absolute Gasteiger partial charge is 0.461 e. The molecule has 2 heterocycles. The van der Waals surface area contributed by atoms with Gasteiger partial charge in [0.2, 0.25) is 12.0 Å². The summed E-state index contributed by atoms with van der Waals surface area (Å²) in [5.41, 5.74) is 2.54. The van der Waals surface area contributed by atoms with Gasteiger partial charge in [0.25, 0.3) is 5.91 Å². The Balaban J connectivity index is 1.25. The van der Waals surface area contributed by atoms with Crippen LogP contribution >= 0.6 is 0 Å². The summed E-state index contributed by atoms with van der Waals surface area (Å²) in [6.45, 7) is 0.807. The van der Waals surface area contributed by atoms with Gasteiger partial charge in [0.1, 0.15) is 6.61 Å². The lowest BCUT2D eigenvalue weighted by Crippen LogP contribution is -2.51. The quantitative estimate of drug-likeness (QED) is 0.360. The zero-order valence-electron chi connectivity index (χ0n) is 23.8. The number of likely N-dealkylation sites (tertiary alicyclic amines) is 1. The maximum atomic E-state index is 13.7. The van der Waals surface area contributed by atoms with E-state index in [9.17, 15) is 19.2 Å². The summed E-state index contributed by atoms with van der Waals surface area (Å²) < 4.78 is 19.6. The Morgan fingerprint density at radius 2 is 1.39 bits per heavy atom. The van der Waals surface area contributed by atoms with Gasteiger partial charge in [-0.25, -0.2) is 9.69 Å². The van der Waals surface area contributed by atoms with Crippen LogP contribution in [0.4, 0.5) is 4.79 Å². The van der Waals surface area contributed by atoms with Crippen molar-refractivity contribution in [3.05, 3.63) is 108 Å². The first-order valence-corrected chi connectivity index (χ1v) is 13.9. The first-order chi connectivity index (χ1) is 20.4. The Hall–Kier alpha value is -4.46. The normalized spacial score (nSPS) is 20.2. The first-order valence-electron chi connectivity index (χ1n) is 14.5. The fraction of sp³-hybridized carbons (Fsp3) is 0.333. The number of imide groups is 1. The van der Waals surface area contributed by atoms with E-state index >= 15 is 0 Å². The Morgan fingerprint density at radius 3 is 2.00 bits per heavy atom. The number of esters is 1. The predicted molar refractivity (Wildman–Crippen MR) is 151 cm³/mol. The fourth-order valence-electron chi connectivity index (χ4n) is 5.32. The average Bonchev–Trinajstić information content (AvgIpc) is 3.35. The van der Waals surface area contributed by atoms with E-state index in [1.807, 2.05) is 91.0 Å². The number of aryl methyl sites for hydroxylation is 1. The number of cyclic esters (lactones) is 1. The molecule has 0 saturated carbocycles. The van der Waals surface area contributed by atoms with Gasteiger partial charge in [0, 0.05) is 20.9 Å². The summed E-state index contributed by atoms with van der Waals surface area (Å²) in [6.07, 6.45) is -2.14. The van der Waals surface area contributed by atoms with Crippen LogP contribution in [0.1, 0.15) is 37.3 Å². The number of piperidine rings is 1. The maximum absolute atomic E-state index is 13.7. The molecule has 2 fully saturated rings. The fourth-order valence-corrected chi connectivity index (χ4v) is 5.32. The van der Waals surface area contributed by atoms with E-state index in [1.54, 1.807) is 4.90 Å². The zero-order chi connectivity index (χ0) is 29.5. The second-order valence-corrected chi connectivity index (χ2v) is 10.4. The van der Waals surface area contributed by atoms with Crippen molar-refractivity contribution in [2.24, 2.45) is 5.92 Å². The number of benzene rings is 3. The smallest absolute Gasteiger partial charge is 0.417 e. The molecule has 8 nitrogen and oxygen atoms in total. The van der Waals surface area contributed by atoms with Crippen LogP contribution in [0.5, 0.6) is 0 Å². The van der Waals surface area contributed by atoms with Gasteiger partial charge in [0.15, 0.2) is 0 Å². The minimum Gasteiger partial charge on any atom is -0.461 e. The molecule has 0 aromatic heterocycles. The van der Waals surface area contributed by atoms with E-state index in [4.69, 9.17) is 10.8 Å². The summed E-state index contributed by atoms with van der Waals surface area (Å²) >= 11 is 0. The molecule has 2 aliphatic heterocycles. The van der Waals surface area contributed by atoms with Gasteiger partial charge in [-0.3, -0.25) is 14.4 Å². The van der Waals surface area contributed by atoms with Gasteiger partial charge in [-0.15, -0.1) is 0 Å². The van der Waals surface area contributed by atoms with Crippen molar-refractivity contribution >= 4 is 23.9 Å². The highest BCUT2D eigenvalue weighted by Crippen LogP contribution is 2.28. The van der Waals surface area contributed by atoms with Crippen molar-refractivity contribution in [2.45, 2.75) is 50.8 Å². The van der Waals surface area contributed by atoms with Crippen LogP contribution in [0, 0.1) is 5.92 Å². The van der Waals surface area contributed by atoms with Crippen LogP contribution in [0.2, 0.25) is 0 Å². The van der Waals surface area contributed by atoms with Crippen molar-refractivity contribution in [3.8, 4) is 0 Å². The number of carbonyl (C=O) groups is 4. The molecule has 0 spiro atoms. The molecular formula is C33H34N2O6. The Morgan fingerprint density at radius 1 is 0.829 bits per heavy atom. The molecule has 3 aromatic rings. The third kappa shape index (κ3) is 7.01. The summed E-state index contributed by atoms with van der Waals surface area (Å²) in [5, 5.41) is 0. The van der Waals surface area contributed by atoms with E-state index in [2.05, 4.69) is 0 Å². The van der Waals surface area contributed by atoms with Crippen molar-refractivity contribution in [2.75, 3.05) is 13.1 Å². The molecule has 5 rings (SSSR count). The van der Waals surface area contributed by atoms with E-state index in [0.717, 1.165) is 21.6 Å². The van der Waals surface area contributed by atoms with E-state index in [0.29, 0.717) is 25.9 Å². The molecule has 1 unspecified atom stereocenters. The predicted octanol–water partition coefficient (Wildman–Crippen LogP) is 4.56. The standard InChI is InChI=1S/C33H34N2O6/c36-29(17-16-24-10-4-1-5-11-24)35-28(22-25-12-6-2-7-13-25)30(41-33(35)39)31(37)34-20-18-27(19-21-34)32(38)40-23-26-14-8-3-9-15-26/h1-15,27-28,30H,16-23H2/t28-,30+/m0/s1/i17D/t17?,28-,30+. The van der Waals surface area contributed by atoms with Crippen LogP contribution in [0.3, 0.4) is 0 Å². The lowest BCUT2D eigenvalue weighted by Gasteiger charge is -2.33. The highest BCUT2D eigenvalue weighted by atomic mass is 16.6. The number of rotatable bonds is 9. The van der Waals surface area contributed by atoms with E-state index in [-0.39, 0.29) is 31.3 Å². The molecule has 3 aromatic carbocycles. The van der Waals surface area contributed by atoms with Crippen molar-refractivity contribution in [3.63, 3.8) is 0 Å². The lowest BCUT2D eigenvalue weighted by molar-refractivity contribution is -0.154. The molecule has 2 saturated heterocycles. The van der Waals surface area contributed by atoms with Crippen LogP contribution in [0.15, 0.2) is 91.0 Å². The van der Waals surface area contributed by atoms with Gasteiger partial charge in [0.05, 0.1) is 12.0 Å². The minimum absolute atomic E-state index is 0.133. The molecule has 0 bridgehead atoms. The number of hydrogen-bond acceptors (Lipinski definition) is 6. The Labute approximate surface area is 241 Å². The SMILES string of the molecule is [2H]C(Cc1ccccc1)C(=O)N1C(=O)O[C@@H](C(=O)N2CCC(C(=O)OCc3ccccc3)CC2)[C@@H]1Cc1ccccc1. The topological polar surface area (TPSA) is 93.2 Å². The molecule has 8 heteroatoms. The van der Waals surface area contributed by atoms with E-state index < -0.39 is 36.5 Å². The van der Waals surface area contributed by atoms with Crippen molar-refractivity contribution in [1.82, 2.24) is 9.80 Å². The first kappa shape index (κ1) is 26.7. The van der Waals surface area contributed by atoms with Crippen LogP contribution < -0.4 is 0 Å². The third-order valence-corrected chi connectivity index (χ3v) is 7.59. The zero-order valence-corrected chi connectivity index (χ0v) is 22.8. The highest BCUT2D eigenvalue weighted by Gasteiger charge is 2.50. The number of ether oxygens (including phenoxy) is 2. The summed E-state index contributed by atoms with van der Waals surface area (Å²) in [7, 11) is 0. The van der Waals surface area contributed by atoms with Gasteiger partial charge >= 0.3 is 12.1 Å². The van der Waals surface area contributed by atoms with Crippen LogP contribution in [-0.4, -0.2) is 58.9 Å². The molecule has 41 heavy (non-hydrogen) atoms. The molecule has 212 valence electrons. The number of hydrogen-bond donors (Lipinski definition) is 0. The summed E-state index contributed by atoms with van der Waals surface area (Å²) in [6, 6.07) is 27.0. The van der Waals surface area contributed by atoms with E-state index in [1.165, 1.54) is 0 Å². The van der Waals surface area contributed by atoms with Crippen LogP contribution in [0.25, 0.3) is 0 Å².